The molecule has 0 fully saturated rings. The van der Waals surface area contributed by atoms with Crippen LogP contribution in [0.3, 0.4) is 0 Å². The molecule has 1 N–H and O–H groups in total. The lowest BCUT2D eigenvalue weighted by Gasteiger charge is -2.22. The molecule has 0 heterocycles. The topological polar surface area (TPSA) is 57.6 Å². The quantitative estimate of drug-likeness (QED) is 0.797. The average Bonchev–Trinajstić information content (AvgIpc) is 2.26. The first-order chi connectivity index (χ1) is 9.08. The largest absolute Gasteiger partial charge is 0.402 e. The Bertz CT molecular complexity index is 576. The number of aliphatic hydroxyl groups excluding tert-OH is 1. The molecule has 0 radical (unpaired) electrons. The minimum Gasteiger partial charge on any atom is -0.395 e. The molecule has 0 saturated carbocycles. The highest BCUT2D eigenvalue weighted by Crippen LogP contribution is 2.25. The summed E-state index contributed by atoms with van der Waals surface area (Å²) in [5.41, 5.74) is 0. The van der Waals surface area contributed by atoms with Gasteiger partial charge in [0.2, 0.25) is 10.0 Å². The van der Waals surface area contributed by atoms with E-state index in [0.29, 0.717) is 0 Å². The lowest BCUT2D eigenvalue weighted by molar-refractivity contribution is -0.136. The highest BCUT2D eigenvalue weighted by atomic mass is 79.9. The molecule has 0 spiro atoms. The summed E-state index contributed by atoms with van der Waals surface area (Å²) >= 11 is 2.91. The van der Waals surface area contributed by atoms with E-state index < -0.39 is 46.6 Å². The maximum absolute atomic E-state index is 13.6. The molecule has 0 atom stereocenters. The molecule has 114 valence electrons. The molecule has 0 saturated heterocycles. The van der Waals surface area contributed by atoms with Crippen molar-refractivity contribution in [3.8, 4) is 0 Å². The fraction of sp³-hybridized carbons (Fsp3) is 0.400. The van der Waals surface area contributed by atoms with Gasteiger partial charge in [-0.1, -0.05) is 15.9 Å². The van der Waals surface area contributed by atoms with E-state index in [1.54, 1.807) is 0 Å². The van der Waals surface area contributed by atoms with E-state index in [9.17, 15) is 26.0 Å². The second-order valence-electron chi connectivity index (χ2n) is 3.75. The first-order valence-electron chi connectivity index (χ1n) is 5.21. The second-order valence-corrected chi connectivity index (χ2v) is 6.57. The van der Waals surface area contributed by atoms with Crippen molar-refractivity contribution in [2.45, 2.75) is 11.1 Å². The van der Waals surface area contributed by atoms with E-state index in [4.69, 9.17) is 5.11 Å². The molecule has 0 aliphatic carbocycles. The van der Waals surface area contributed by atoms with Gasteiger partial charge in [0.15, 0.2) is 0 Å². The fourth-order valence-electron chi connectivity index (χ4n) is 1.42. The minimum absolute atomic E-state index is 0.0146. The number of rotatable bonds is 5. The molecule has 1 aromatic rings. The van der Waals surface area contributed by atoms with Crippen molar-refractivity contribution in [1.29, 1.82) is 0 Å². The predicted octanol–water partition coefficient (Wildman–Crippen LogP) is 2.13. The van der Waals surface area contributed by atoms with Crippen LogP contribution < -0.4 is 0 Å². The van der Waals surface area contributed by atoms with Crippen LogP contribution in [-0.4, -0.2) is 43.7 Å². The van der Waals surface area contributed by atoms with Crippen molar-refractivity contribution in [3.05, 3.63) is 28.5 Å². The highest BCUT2D eigenvalue weighted by Gasteiger charge is 2.37. The van der Waals surface area contributed by atoms with Crippen LogP contribution in [0.15, 0.2) is 27.6 Å². The smallest absolute Gasteiger partial charge is 0.395 e. The Labute approximate surface area is 121 Å². The number of hydrogen-bond donors (Lipinski definition) is 1. The predicted molar refractivity (Wildman–Crippen MR) is 66.0 cm³/mol. The summed E-state index contributed by atoms with van der Waals surface area (Å²) in [7, 11) is -4.69. The van der Waals surface area contributed by atoms with Gasteiger partial charge in [0.1, 0.15) is 17.3 Å². The Morgan fingerprint density at radius 1 is 1.30 bits per heavy atom. The third-order valence-electron chi connectivity index (χ3n) is 2.22. The summed E-state index contributed by atoms with van der Waals surface area (Å²) < 4.78 is 74.9. The van der Waals surface area contributed by atoms with Gasteiger partial charge in [0.05, 0.1) is 6.61 Å². The lowest BCUT2D eigenvalue weighted by Crippen LogP contribution is -2.40. The standard InChI is InChI=1S/C10H10BrF4NO3S/c11-7-1-2-9(8(12)5-7)20(18,19)16(3-4-17)6-10(13,14)15/h1-2,5,17H,3-4,6H2. The Kier molecular flexibility index (Phi) is 5.53. The monoisotopic (exact) mass is 379 g/mol. The van der Waals surface area contributed by atoms with Crippen molar-refractivity contribution >= 4 is 26.0 Å². The van der Waals surface area contributed by atoms with E-state index in [2.05, 4.69) is 15.9 Å². The Balaban J connectivity index is 3.22. The van der Waals surface area contributed by atoms with Crippen molar-refractivity contribution in [3.63, 3.8) is 0 Å². The minimum atomic E-state index is -4.80. The zero-order valence-electron chi connectivity index (χ0n) is 9.86. The number of benzene rings is 1. The molecule has 0 unspecified atom stereocenters. The molecular formula is C10H10BrF4NO3S. The van der Waals surface area contributed by atoms with Crippen LogP contribution in [0.25, 0.3) is 0 Å². The Morgan fingerprint density at radius 3 is 2.35 bits per heavy atom. The van der Waals surface area contributed by atoms with E-state index in [1.165, 1.54) is 6.07 Å². The number of halogens is 5. The van der Waals surface area contributed by atoms with Crippen molar-refractivity contribution in [1.82, 2.24) is 4.31 Å². The molecule has 1 rings (SSSR count). The maximum atomic E-state index is 13.6. The Morgan fingerprint density at radius 2 is 1.90 bits per heavy atom. The van der Waals surface area contributed by atoms with Gasteiger partial charge in [0.25, 0.3) is 0 Å². The van der Waals surface area contributed by atoms with Gasteiger partial charge in [-0.05, 0) is 18.2 Å². The van der Waals surface area contributed by atoms with Gasteiger partial charge in [-0.15, -0.1) is 0 Å². The third-order valence-corrected chi connectivity index (χ3v) is 4.59. The van der Waals surface area contributed by atoms with Gasteiger partial charge in [-0.25, -0.2) is 12.8 Å². The number of alkyl halides is 3. The van der Waals surface area contributed by atoms with Gasteiger partial charge in [0, 0.05) is 11.0 Å². The summed E-state index contributed by atoms with van der Waals surface area (Å²) in [5, 5.41) is 8.68. The van der Waals surface area contributed by atoms with Gasteiger partial charge >= 0.3 is 6.18 Å². The molecule has 10 heteroatoms. The number of nitrogens with zero attached hydrogens (tertiary/aromatic N) is 1. The second kappa shape index (κ2) is 6.37. The molecule has 1 aromatic carbocycles. The van der Waals surface area contributed by atoms with E-state index >= 15 is 0 Å². The first-order valence-corrected chi connectivity index (χ1v) is 7.44. The maximum Gasteiger partial charge on any atom is 0.402 e. The van der Waals surface area contributed by atoms with Crippen molar-refractivity contribution < 1.29 is 31.1 Å². The van der Waals surface area contributed by atoms with Crippen LogP contribution in [-0.2, 0) is 10.0 Å². The number of hydrogen-bond acceptors (Lipinski definition) is 3. The average molecular weight is 380 g/mol. The summed E-state index contributed by atoms with van der Waals surface area (Å²) in [5.74, 6) is -1.18. The number of aliphatic hydroxyl groups is 1. The SMILES string of the molecule is O=S(=O)(c1ccc(Br)cc1F)N(CCO)CC(F)(F)F. The summed E-state index contributed by atoms with van der Waals surface area (Å²) in [6.45, 7) is -3.39. The molecule has 4 nitrogen and oxygen atoms in total. The Hall–Kier alpha value is -0.710. The normalized spacial score (nSPS) is 12.9. The molecular weight excluding hydrogens is 370 g/mol. The van der Waals surface area contributed by atoms with Gasteiger partial charge in [-0.3, -0.25) is 0 Å². The third kappa shape index (κ3) is 4.40. The van der Waals surface area contributed by atoms with Crippen LogP contribution >= 0.6 is 15.9 Å². The summed E-state index contributed by atoms with van der Waals surface area (Å²) in [4.78, 5) is -0.876. The van der Waals surface area contributed by atoms with Crippen LogP contribution in [0.5, 0.6) is 0 Å². The van der Waals surface area contributed by atoms with Crippen LogP contribution in [0.2, 0.25) is 0 Å². The van der Waals surface area contributed by atoms with Crippen molar-refractivity contribution in [2.75, 3.05) is 19.7 Å². The molecule has 0 aliphatic rings. The van der Waals surface area contributed by atoms with E-state index in [1.807, 2.05) is 0 Å². The zero-order chi connectivity index (χ0) is 15.6. The van der Waals surface area contributed by atoms with Crippen LogP contribution in [0.1, 0.15) is 0 Å². The molecule has 0 bridgehead atoms. The first kappa shape index (κ1) is 17.3. The number of sulfonamides is 1. The van der Waals surface area contributed by atoms with Gasteiger partial charge < -0.3 is 5.11 Å². The zero-order valence-corrected chi connectivity index (χ0v) is 12.3. The van der Waals surface area contributed by atoms with Gasteiger partial charge in [-0.2, -0.15) is 17.5 Å². The van der Waals surface area contributed by atoms with E-state index in [0.717, 1.165) is 12.1 Å². The molecule has 0 aromatic heterocycles. The summed E-state index contributed by atoms with van der Waals surface area (Å²) in [6.07, 6.45) is -4.80. The molecule has 0 aliphatic heterocycles. The van der Waals surface area contributed by atoms with E-state index in [-0.39, 0.29) is 8.78 Å². The lowest BCUT2D eigenvalue weighted by atomic mass is 10.3. The summed E-state index contributed by atoms with van der Waals surface area (Å²) in [6, 6.07) is 2.88. The fourth-order valence-corrected chi connectivity index (χ4v) is 3.21. The van der Waals surface area contributed by atoms with Crippen LogP contribution in [0.4, 0.5) is 17.6 Å². The highest BCUT2D eigenvalue weighted by molar-refractivity contribution is 9.10. The molecule has 0 amide bonds. The van der Waals surface area contributed by atoms with Crippen LogP contribution in [0, 0.1) is 5.82 Å². The molecule has 20 heavy (non-hydrogen) atoms. The van der Waals surface area contributed by atoms with Crippen molar-refractivity contribution in [2.24, 2.45) is 0 Å².